The van der Waals surface area contributed by atoms with Crippen LogP contribution in [0.25, 0.3) is 0 Å². The average molecular weight is 553 g/mol. The number of aliphatic hydroxyl groups excluding tert-OH is 5. The van der Waals surface area contributed by atoms with Gasteiger partial charge in [0.25, 0.3) is 0 Å². The maximum absolute atomic E-state index is 10.6. The monoisotopic (exact) mass is 552 g/mol. The molecule has 0 spiro atoms. The second kappa shape index (κ2) is 12.1. The molecule has 1 heterocycles. The molecule has 0 amide bonds. The van der Waals surface area contributed by atoms with Crippen LogP contribution in [0.15, 0.2) is 24.3 Å². The first-order valence-corrected chi connectivity index (χ1v) is 12.6. The number of fused-ring (bicyclic) bond motifs is 1. The third-order valence-corrected chi connectivity index (χ3v) is 7.69. The third-order valence-electron chi connectivity index (χ3n) is 7.69. The Labute approximate surface area is 225 Å². The molecule has 1 aliphatic heterocycles. The summed E-state index contributed by atoms with van der Waals surface area (Å²) in [6.45, 7) is -0.914. The van der Waals surface area contributed by atoms with Crippen LogP contribution in [0.2, 0.25) is 0 Å². The van der Waals surface area contributed by atoms with E-state index in [0.717, 1.165) is 11.1 Å². The van der Waals surface area contributed by atoms with Crippen molar-refractivity contribution >= 4 is 0 Å². The summed E-state index contributed by atoms with van der Waals surface area (Å²) in [5.74, 6) is -1.06. The first-order valence-electron chi connectivity index (χ1n) is 12.6. The van der Waals surface area contributed by atoms with Gasteiger partial charge in [-0.25, -0.2) is 0 Å². The van der Waals surface area contributed by atoms with E-state index in [4.69, 9.17) is 23.7 Å². The van der Waals surface area contributed by atoms with Crippen molar-refractivity contribution in [3.05, 3.63) is 41.0 Å². The highest BCUT2D eigenvalue weighted by Crippen LogP contribution is 2.50. The Morgan fingerprint density at radius 1 is 0.821 bits per heavy atom. The number of aliphatic hydroxyl groups is 5. The number of ether oxygens (including phenoxy) is 5. The van der Waals surface area contributed by atoms with E-state index in [2.05, 4.69) is 0 Å². The molecule has 4 rings (SSSR count). The van der Waals surface area contributed by atoms with Gasteiger partial charge in [-0.2, -0.15) is 0 Å². The van der Waals surface area contributed by atoms with Gasteiger partial charge in [-0.15, -0.1) is 0 Å². The molecule has 0 aromatic heterocycles. The van der Waals surface area contributed by atoms with Gasteiger partial charge in [0.05, 0.1) is 34.5 Å². The number of phenolic OH excluding ortho intramolecular Hbond substituents is 2. The predicted octanol–water partition coefficient (Wildman–Crippen LogP) is -0.147. The van der Waals surface area contributed by atoms with Gasteiger partial charge < -0.3 is 59.4 Å². The van der Waals surface area contributed by atoms with Gasteiger partial charge in [0.1, 0.15) is 24.4 Å². The third kappa shape index (κ3) is 5.46. The summed E-state index contributed by atoms with van der Waals surface area (Å²) in [6, 6.07) is 6.56. The molecule has 2 aromatic carbocycles. The van der Waals surface area contributed by atoms with Crippen molar-refractivity contribution in [1.29, 1.82) is 0 Å². The van der Waals surface area contributed by atoms with Gasteiger partial charge in [-0.1, -0.05) is 0 Å². The highest BCUT2D eigenvalue weighted by molar-refractivity contribution is 5.57. The molecule has 216 valence electrons. The molecule has 7 N–H and O–H groups in total. The standard InChI is InChI=1S/C27H36O12/c1-35-18-5-12-4-14(9-28)16(11-38-27-26(34)25(33)24(32)21(10-29)39-27)22(15(12)8-17(18)30)13-6-19(36-2)23(31)20(7-13)37-3/h5-8,14,16,21-22,24-34H,4,9-11H2,1-3H3/t14-,16-,21+,22-,24+,25-,26+,27-/m0/s1. The minimum absolute atomic E-state index is 0.0870. The van der Waals surface area contributed by atoms with E-state index in [1.54, 1.807) is 24.3 Å². The first-order chi connectivity index (χ1) is 18.7. The Morgan fingerprint density at radius 3 is 2.03 bits per heavy atom. The molecule has 0 radical (unpaired) electrons. The van der Waals surface area contributed by atoms with Gasteiger partial charge in [-0.3, -0.25) is 0 Å². The van der Waals surface area contributed by atoms with Crippen molar-refractivity contribution in [3.8, 4) is 28.7 Å². The molecule has 39 heavy (non-hydrogen) atoms. The van der Waals surface area contributed by atoms with E-state index in [1.165, 1.54) is 21.3 Å². The SMILES string of the molecule is COc1cc2c(cc1O)[C@H](c1cc(OC)c(O)c(OC)c1)[C@@H](CO[C@H]1O[C@H](CO)[C@@H](O)[C@H](O)[C@H]1O)[C@H](CO)C2. The zero-order valence-electron chi connectivity index (χ0n) is 21.9. The van der Waals surface area contributed by atoms with E-state index in [9.17, 15) is 35.7 Å². The molecule has 1 fully saturated rings. The summed E-state index contributed by atoms with van der Waals surface area (Å²) in [7, 11) is 4.25. The van der Waals surface area contributed by atoms with E-state index in [0.29, 0.717) is 12.0 Å². The summed E-state index contributed by atoms with van der Waals surface area (Å²) in [4.78, 5) is 0. The molecule has 0 bridgehead atoms. The van der Waals surface area contributed by atoms with E-state index in [1.807, 2.05) is 0 Å². The zero-order chi connectivity index (χ0) is 28.4. The Balaban J connectivity index is 1.78. The number of hydrogen-bond donors (Lipinski definition) is 7. The van der Waals surface area contributed by atoms with Gasteiger partial charge in [0, 0.05) is 12.5 Å². The first kappa shape index (κ1) is 29.2. The predicted molar refractivity (Wildman–Crippen MR) is 135 cm³/mol. The maximum atomic E-state index is 10.6. The summed E-state index contributed by atoms with van der Waals surface area (Å²) < 4.78 is 27.5. The van der Waals surface area contributed by atoms with E-state index in [-0.39, 0.29) is 47.9 Å². The molecule has 1 saturated heterocycles. The highest BCUT2D eigenvalue weighted by atomic mass is 16.7. The fraction of sp³-hybridized carbons (Fsp3) is 0.556. The molecular weight excluding hydrogens is 516 g/mol. The van der Waals surface area contributed by atoms with Crippen LogP contribution in [0, 0.1) is 11.8 Å². The number of methoxy groups -OCH3 is 3. The van der Waals surface area contributed by atoms with Gasteiger partial charge >= 0.3 is 0 Å². The van der Waals surface area contributed by atoms with Gasteiger partial charge in [0.15, 0.2) is 29.3 Å². The zero-order valence-corrected chi connectivity index (χ0v) is 21.9. The van der Waals surface area contributed by atoms with Gasteiger partial charge in [0.2, 0.25) is 5.75 Å². The summed E-state index contributed by atoms with van der Waals surface area (Å²) in [6.07, 6.45) is -6.82. The minimum atomic E-state index is -1.60. The molecule has 2 aliphatic rings. The normalized spacial score (nSPS) is 30.5. The second-order valence-electron chi connectivity index (χ2n) is 9.82. The molecule has 0 unspecified atom stereocenters. The second-order valence-corrected chi connectivity index (χ2v) is 9.82. The Bertz CT molecular complexity index is 1110. The lowest BCUT2D eigenvalue weighted by atomic mass is 9.66. The van der Waals surface area contributed by atoms with Crippen LogP contribution in [0.5, 0.6) is 28.7 Å². The van der Waals surface area contributed by atoms with Crippen LogP contribution in [0.1, 0.15) is 22.6 Å². The van der Waals surface area contributed by atoms with Crippen LogP contribution in [0.3, 0.4) is 0 Å². The topological polar surface area (TPSA) is 188 Å². The van der Waals surface area contributed by atoms with Crippen molar-refractivity contribution in [2.75, 3.05) is 41.2 Å². The summed E-state index contributed by atoms with van der Waals surface area (Å²) in [5, 5.41) is 71.8. The van der Waals surface area contributed by atoms with Crippen molar-refractivity contribution in [2.24, 2.45) is 11.8 Å². The largest absolute Gasteiger partial charge is 0.504 e. The van der Waals surface area contributed by atoms with Crippen LogP contribution in [0.4, 0.5) is 0 Å². The Morgan fingerprint density at radius 2 is 1.46 bits per heavy atom. The quantitative estimate of drug-likeness (QED) is 0.218. The number of benzene rings is 2. The summed E-state index contributed by atoms with van der Waals surface area (Å²) in [5.41, 5.74) is 2.17. The van der Waals surface area contributed by atoms with Crippen molar-refractivity contribution < 1.29 is 59.4 Å². The van der Waals surface area contributed by atoms with Crippen LogP contribution in [-0.4, -0.2) is 108 Å². The maximum Gasteiger partial charge on any atom is 0.200 e. The lowest BCUT2D eigenvalue weighted by Gasteiger charge is -2.43. The number of hydrogen-bond acceptors (Lipinski definition) is 12. The van der Waals surface area contributed by atoms with Crippen LogP contribution < -0.4 is 14.2 Å². The molecular formula is C27H36O12. The van der Waals surface area contributed by atoms with Gasteiger partial charge in [-0.05, 0) is 59.2 Å². The Kier molecular flexibility index (Phi) is 9.07. The van der Waals surface area contributed by atoms with Crippen molar-refractivity contribution in [2.45, 2.75) is 43.0 Å². The van der Waals surface area contributed by atoms with E-state index < -0.39 is 49.1 Å². The minimum Gasteiger partial charge on any atom is -0.504 e. The number of rotatable bonds is 9. The molecule has 12 heteroatoms. The Hall–Kier alpha value is -2.84. The number of aromatic hydroxyl groups is 2. The molecule has 1 aliphatic carbocycles. The molecule has 12 nitrogen and oxygen atoms in total. The fourth-order valence-corrected chi connectivity index (χ4v) is 5.56. The smallest absolute Gasteiger partial charge is 0.200 e. The molecule has 2 aromatic rings. The lowest BCUT2D eigenvalue weighted by Crippen LogP contribution is -2.59. The highest BCUT2D eigenvalue weighted by Gasteiger charge is 2.45. The lowest BCUT2D eigenvalue weighted by molar-refractivity contribution is -0.304. The average Bonchev–Trinajstić information content (AvgIpc) is 2.94. The van der Waals surface area contributed by atoms with Crippen LogP contribution in [-0.2, 0) is 15.9 Å². The van der Waals surface area contributed by atoms with Crippen LogP contribution >= 0.6 is 0 Å². The van der Waals surface area contributed by atoms with E-state index >= 15 is 0 Å². The summed E-state index contributed by atoms with van der Waals surface area (Å²) >= 11 is 0. The number of phenols is 2. The fourth-order valence-electron chi connectivity index (χ4n) is 5.56. The molecule has 8 atom stereocenters. The van der Waals surface area contributed by atoms with Crippen molar-refractivity contribution in [1.82, 2.24) is 0 Å². The molecule has 0 saturated carbocycles. The van der Waals surface area contributed by atoms with Crippen molar-refractivity contribution in [3.63, 3.8) is 0 Å².